The van der Waals surface area contributed by atoms with Crippen LogP contribution >= 0.6 is 0 Å². The van der Waals surface area contributed by atoms with Gasteiger partial charge in [0.2, 0.25) is 0 Å². The summed E-state index contributed by atoms with van der Waals surface area (Å²) >= 11 is 0. The standard InChI is InChI=1S/C19H24N2O2/c1-15-8-9-17(14-18(15)23-2)19(22)21(13-11-20)12-10-16-6-4-3-5-7-16/h3-9,14H,10-13,20H2,1-2H3. The Hall–Kier alpha value is -2.33. The van der Waals surface area contributed by atoms with Gasteiger partial charge in [0.25, 0.3) is 5.91 Å². The van der Waals surface area contributed by atoms with Gasteiger partial charge in [0.1, 0.15) is 5.75 Å². The normalized spacial score (nSPS) is 10.4. The van der Waals surface area contributed by atoms with Crippen molar-refractivity contribution in [3.05, 3.63) is 65.2 Å². The van der Waals surface area contributed by atoms with Gasteiger partial charge in [-0.05, 0) is 36.6 Å². The average molecular weight is 312 g/mol. The summed E-state index contributed by atoms with van der Waals surface area (Å²) in [5, 5.41) is 0. The van der Waals surface area contributed by atoms with Crippen LogP contribution in [0.5, 0.6) is 5.75 Å². The van der Waals surface area contributed by atoms with Crippen molar-refractivity contribution in [3.8, 4) is 5.75 Å². The first-order valence-electron chi connectivity index (χ1n) is 7.83. The first kappa shape index (κ1) is 17.0. The van der Waals surface area contributed by atoms with Gasteiger partial charge < -0.3 is 15.4 Å². The topological polar surface area (TPSA) is 55.6 Å². The Balaban J connectivity index is 2.11. The number of ether oxygens (including phenoxy) is 1. The number of methoxy groups -OCH3 is 1. The van der Waals surface area contributed by atoms with Gasteiger partial charge in [0, 0.05) is 25.2 Å². The summed E-state index contributed by atoms with van der Waals surface area (Å²) in [4.78, 5) is 14.6. The molecule has 2 N–H and O–H groups in total. The molecule has 0 spiro atoms. The fourth-order valence-electron chi connectivity index (χ4n) is 2.52. The quantitative estimate of drug-likeness (QED) is 0.855. The van der Waals surface area contributed by atoms with Gasteiger partial charge in [-0.1, -0.05) is 36.4 Å². The molecule has 0 bridgehead atoms. The number of rotatable bonds is 7. The number of hydrogen-bond donors (Lipinski definition) is 1. The number of hydrogen-bond acceptors (Lipinski definition) is 3. The predicted octanol–water partition coefficient (Wildman–Crippen LogP) is 2.65. The van der Waals surface area contributed by atoms with E-state index in [4.69, 9.17) is 10.5 Å². The number of nitrogens with two attached hydrogens (primary N) is 1. The number of amides is 1. The van der Waals surface area contributed by atoms with Crippen LogP contribution in [0.4, 0.5) is 0 Å². The van der Waals surface area contributed by atoms with E-state index in [-0.39, 0.29) is 5.91 Å². The Labute approximate surface area is 137 Å². The summed E-state index contributed by atoms with van der Waals surface area (Å²) in [5.74, 6) is 0.719. The van der Waals surface area contributed by atoms with Gasteiger partial charge in [-0.3, -0.25) is 4.79 Å². The maximum Gasteiger partial charge on any atom is 0.254 e. The van der Waals surface area contributed by atoms with E-state index in [0.717, 1.165) is 17.7 Å². The highest BCUT2D eigenvalue weighted by Crippen LogP contribution is 2.20. The van der Waals surface area contributed by atoms with Crippen LogP contribution in [0, 0.1) is 6.92 Å². The minimum Gasteiger partial charge on any atom is -0.496 e. The van der Waals surface area contributed by atoms with Crippen molar-refractivity contribution in [1.82, 2.24) is 4.90 Å². The molecule has 0 aliphatic carbocycles. The molecular weight excluding hydrogens is 288 g/mol. The van der Waals surface area contributed by atoms with E-state index in [0.29, 0.717) is 25.2 Å². The van der Waals surface area contributed by atoms with E-state index in [2.05, 4.69) is 12.1 Å². The van der Waals surface area contributed by atoms with Gasteiger partial charge in [0.05, 0.1) is 7.11 Å². The van der Waals surface area contributed by atoms with Crippen molar-refractivity contribution < 1.29 is 9.53 Å². The SMILES string of the molecule is COc1cc(C(=O)N(CCN)CCc2ccccc2)ccc1C. The van der Waals surface area contributed by atoms with Gasteiger partial charge in [-0.15, -0.1) is 0 Å². The third kappa shape index (κ3) is 4.57. The van der Waals surface area contributed by atoms with Crippen molar-refractivity contribution in [1.29, 1.82) is 0 Å². The number of carbonyl (C=O) groups excluding carboxylic acids is 1. The smallest absolute Gasteiger partial charge is 0.254 e. The highest BCUT2D eigenvalue weighted by atomic mass is 16.5. The fourth-order valence-corrected chi connectivity index (χ4v) is 2.52. The van der Waals surface area contributed by atoms with Gasteiger partial charge in [0.15, 0.2) is 0 Å². The number of carbonyl (C=O) groups is 1. The van der Waals surface area contributed by atoms with Crippen molar-refractivity contribution in [2.45, 2.75) is 13.3 Å². The molecule has 0 atom stereocenters. The molecule has 0 aliphatic heterocycles. The molecule has 1 amide bonds. The van der Waals surface area contributed by atoms with E-state index in [1.54, 1.807) is 18.1 Å². The largest absolute Gasteiger partial charge is 0.496 e. The summed E-state index contributed by atoms with van der Waals surface area (Å²) in [6, 6.07) is 15.7. The zero-order valence-corrected chi connectivity index (χ0v) is 13.8. The van der Waals surface area contributed by atoms with Crippen LogP contribution in [0.2, 0.25) is 0 Å². The molecule has 0 aromatic heterocycles. The van der Waals surface area contributed by atoms with E-state index in [1.807, 2.05) is 37.3 Å². The van der Waals surface area contributed by atoms with E-state index >= 15 is 0 Å². The lowest BCUT2D eigenvalue weighted by molar-refractivity contribution is 0.0761. The molecule has 0 saturated heterocycles. The predicted molar refractivity (Wildman–Crippen MR) is 92.8 cm³/mol. The van der Waals surface area contributed by atoms with Gasteiger partial charge in [-0.25, -0.2) is 0 Å². The molecule has 0 aliphatic rings. The third-order valence-corrected chi connectivity index (χ3v) is 3.85. The molecule has 0 heterocycles. The lowest BCUT2D eigenvalue weighted by Crippen LogP contribution is -2.37. The number of aryl methyl sites for hydroxylation is 1. The summed E-state index contributed by atoms with van der Waals surface area (Å²) < 4.78 is 5.31. The van der Waals surface area contributed by atoms with Gasteiger partial charge in [-0.2, -0.15) is 0 Å². The summed E-state index contributed by atoms with van der Waals surface area (Å²) in [6.45, 7) is 3.60. The fraction of sp³-hybridized carbons (Fsp3) is 0.316. The molecule has 0 saturated carbocycles. The van der Waals surface area contributed by atoms with E-state index < -0.39 is 0 Å². The molecule has 2 aromatic rings. The molecule has 0 fully saturated rings. The van der Waals surface area contributed by atoms with Crippen molar-refractivity contribution in [2.24, 2.45) is 5.73 Å². The minimum atomic E-state index is -0.00955. The highest BCUT2D eigenvalue weighted by molar-refractivity contribution is 5.94. The Morgan fingerprint density at radius 2 is 1.87 bits per heavy atom. The first-order valence-corrected chi connectivity index (χ1v) is 7.83. The summed E-state index contributed by atoms with van der Waals surface area (Å²) in [6.07, 6.45) is 0.815. The molecule has 2 rings (SSSR count). The van der Waals surface area contributed by atoms with Crippen LogP contribution < -0.4 is 10.5 Å². The molecule has 23 heavy (non-hydrogen) atoms. The molecule has 122 valence electrons. The highest BCUT2D eigenvalue weighted by Gasteiger charge is 2.16. The second-order valence-electron chi connectivity index (χ2n) is 5.50. The van der Waals surface area contributed by atoms with E-state index in [1.165, 1.54) is 5.56 Å². The van der Waals surface area contributed by atoms with Crippen LogP contribution in [-0.2, 0) is 6.42 Å². The van der Waals surface area contributed by atoms with Crippen LogP contribution in [0.25, 0.3) is 0 Å². The second kappa shape index (κ2) is 8.34. The van der Waals surface area contributed by atoms with Crippen LogP contribution in [0.15, 0.2) is 48.5 Å². The van der Waals surface area contributed by atoms with Crippen LogP contribution in [0.3, 0.4) is 0 Å². The zero-order chi connectivity index (χ0) is 16.7. The molecule has 0 radical (unpaired) electrons. The number of nitrogens with zero attached hydrogens (tertiary/aromatic N) is 1. The first-order chi connectivity index (χ1) is 11.2. The minimum absolute atomic E-state index is 0.00955. The lowest BCUT2D eigenvalue weighted by Gasteiger charge is -2.22. The Kier molecular flexibility index (Phi) is 6.18. The van der Waals surface area contributed by atoms with Crippen molar-refractivity contribution >= 4 is 5.91 Å². The zero-order valence-electron chi connectivity index (χ0n) is 13.8. The number of benzene rings is 2. The lowest BCUT2D eigenvalue weighted by atomic mass is 10.1. The van der Waals surface area contributed by atoms with Gasteiger partial charge >= 0.3 is 0 Å². The molecule has 4 heteroatoms. The maximum atomic E-state index is 12.8. The summed E-state index contributed by atoms with van der Waals surface area (Å²) in [7, 11) is 1.61. The Morgan fingerprint density at radius 1 is 1.13 bits per heavy atom. The molecular formula is C19H24N2O2. The Morgan fingerprint density at radius 3 is 2.52 bits per heavy atom. The van der Waals surface area contributed by atoms with Crippen molar-refractivity contribution in [2.75, 3.05) is 26.7 Å². The summed E-state index contributed by atoms with van der Waals surface area (Å²) in [5.41, 5.74) is 8.53. The molecule has 2 aromatic carbocycles. The van der Waals surface area contributed by atoms with Crippen LogP contribution in [-0.4, -0.2) is 37.6 Å². The molecule has 0 unspecified atom stereocenters. The van der Waals surface area contributed by atoms with Crippen molar-refractivity contribution in [3.63, 3.8) is 0 Å². The monoisotopic (exact) mass is 312 g/mol. The third-order valence-electron chi connectivity index (χ3n) is 3.85. The maximum absolute atomic E-state index is 12.8. The Bertz CT molecular complexity index is 641. The molecule has 4 nitrogen and oxygen atoms in total. The average Bonchev–Trinajstić information content (AvgIpc) is 2.59. The second-order valence-corrected chi connectivity index (χ2v) is 5.50. The van der Waals surface area contributed by atoms with Crippen LogP contribution in [0.1, 0.15) is 21.5 Å². The van der Waals surface area contributed by atoms with E-state index in [9.17, 15) is 4.79 Å².